The van der Waals surface area contributed by atoms with Crippen molar-refractivity contribution in [3.63, 3.8) is 0 Å². The number of carbonyl (C=O) groups is 2. The molecule has 0 aliphatic heterocycles. The monoisotopic (exact) mass is 300 g/mol. The summed E-state index contributed by atoms with van der Waals surface area (Å²) >= 11 is 0. The summed E-state index contributed by atoms with van der Waals surface area (Å²) in [4.78, 5) is 35.1. The molecule has 0 spiro atoms. The van der Waals surface area contributed by atoms with E-state index >= 15 is 0 Å². The van der Waals surface area contributed by atoms with Crippen LogP contribution in [0.4, 0.5) is 0 Å². The van der Waals surface area contributed by atoms with Crippen molar-refractivity contribution in [2.45, 2.75) is 13.1 Å². The number of rotatable bonds is 5. The number of benzene rings is 1. The van der Waals surface area contributed by atoms with E-state index in [0.29, 0.717) is 6.54 Å². The predicted molar refractivity (Wildman–Crippen MR) is 80.3 cm³/mol. The highest BCUT2D eigenvalue weighted by molar-refractivity contribution is 5.88. The van der Waals surface area contributed by atoms with Gasteiger partial charge in [0.2, 0.25) is 5.91 Å². The lowest BCUT2D eigenvalue weighted by molar-refractivity contribution is -0.121. The highest BCUT2D eigenvalue weighted by atomic mass is 16.5. The molecule has 6 nitrogen and oxygen atoms in total. The second-order valence-electron chi connectivity index (χ2n) is 4.64. The lowest BCUT2D eigenvalue weighted by atomic mass is 10.2. The third kappa shape index (κ3) is 4.05. The zero-order valence-corrected chi connectivity index (χ0v) is 12.1. The molecule has 2 aromatic rings. The number of nitrogens with zero attached hydrogens (tertiary/aromatic N) is 1. The Morgan fingerprint density at radius 2 is 1.86 bits per heavy atom. The first kappa shape index (κ1) is 15.5. The Balaban J connectivity index is 2.02. The zero-order chi connectivity index (χ0) is 15.9. The van der Waals surface area contributed by atoms with Crippen LogP contribution < -0.4 is 10.9 Å². The van der Waals surface area contributed by atoms with Crippen molar-refractivity contribution in [3.05, 3.63) is 70.1 Å². The molecule has 0 atom stereocenters. The Hall–Kier alpha value is -2.89. The Kier molecular flexibility index (Phi) is 5.08. The minimum atomic E-state index is -0.557. The summed E-state index contributed by atoms with van der Waals surface area (Å²) < 4.78 is 5.76. The lowest BCUT2D eigenvalue weighted by Gasteiger charge is -2.08. The third-order valence-electron chi connectivity index (χ3n) is 3.05. The number of ether oxygens (including phenoxy) is 1. The second kappa shape index (κ2) is 7.21. The van der Waals surface area contributed by atoms with Crippen LogP contribution in [0.1, 0.15) is 15.9 Å². The van der Waals surface area contributed by atoms with E-state index in [1.54, 1.807) is 0 Å². The number of methoxy groups -OCH3 is 1. The molecule has 114 valence electrons. The molecule has 0 bridgehead atoms. The first-order chi connectivity index (χ1) is 10.6. The molecule has 0 saturated carbocycles. The standard InChI is InChI=1S/C16H16N2O4/c1-22-16(21)13-7-8-15(20)18(10-13)11-14(19)17-9-12-5-3-2-4-6-12/h2-8,10H,9,11H2,1H3,(H,17,19). The maximum Gasteiger partial charge on any atom is 0.339 e. The molecule has 0 radical (unpaired) electrons. The van der Waals surface area contributed by atoms with E-state index in [2.05, 4.69) is 10.1 Å². The fourth-order valence-electron chi connectivity index (χ4n) is 1.90. The van der Waals surface area contributed by atoms with Gasteiger partial charge in [0.15, 0.2) is 0 Å². The Morgan fingerprint density at radius 1 is 1.14 bits per heavy atom. The number of hydrogen-bond acceptors (Lipinski definition) is 4. The van der Waals surface area contributed by atoms with Crippen LogP contribution in [0, 0.1) is 0 Å². The van der Waals surface area contributed by atoms with Crippen LogP contribution in [0.5, 0.6) is 0 Å². The number of nitrogens with one attached hydrogen (secondary N) is 1. The van der Waals surface area contributed by atoms with Crippen LogP contribution in [0.2, 0.25) is 0 Å². The minimum Gasteiger partial charge on any atom is -0.465 e. The molecule has 1 aromatic carbocycles. The Labute approximate surface area is 127 Å². The molecule has 2 rings (SSSR count). The van der Waals surface area contributed by atoms with Gasteiger partial charge in [-0.05, 0) is 11.6 Å². The molecule has 1 heterocycles. The van der Waals surface area contributed by atoms with Crippen molar-refractivity contribution < 1.29 is 14.3 Å². The molecule has 1 aromatic heterocycles. The molecule has 0 unspecified atom stereocenters. The van der Waals surface area contributed by atoms with Gasteiger partial charge in [-0.25, -0.2) is 4.79 Å². The van der Waals surface area contributed by atoms with E-state index < -0.39 is 5.97 Å². The van der Waals surface area contributed by atoms with Gasteiger partial charge in [0, 0.05) is 18.8 Å². The number of aromatic nitrogens is 1. The maximum atomic E-state index is 11.9. The van der Waals surface area contributed by atoms with Crippen molar-refractivity contribution in [2.75, 3.05) is 7.11 Å². The molecule has 0 fully saturated rings. The van der Waals surface area contributed by atoms with Gasteiger partial charge in [0.05, 0.1) is 12.7 Å². The summed E-state index contributed by atoms with van der Waals surface area (Å²) in [7, 11) is 1.25. The largest absolute Gasteiger partial charge is 0.465 e. The van der Waals surface area contributed by atoms with Gasteiger partial charge in [-0.3, -0.25) is 9.59 Å². The van der Waals surface area contributed by atoms with E-state index in [4.69, 9.17) is 0 Å². The van der Waals surface area contributed by atoms with Gasteiger partial charge in [-0.15, -0.1) is 0 Å². The van der Waals surface area contributed by atoms with E-state index in [1.807, 2.05) is 30.3 Å². The Bertz CT molecular complexity index is 722. The smallest absolute Gasteiger partial charge is 0.339 e. The van der Waals surface area contributed by atoms with Crippen molar-refractivity contribution in [1.29, 1.82) is 0 Å². The van der Waals surface area contributed by atoms with Crippen molar-refractivity contribution in [1.82, 2.24) is 9.88 Å². The Morgan fingerprint density at radius 3 is 2.55 bits per heavy atom. The van der Waals surface area contributed by atoms with Gasteiger partial charge in [-0.1, -0.05) is 30.3 Å². The van der Waals surface area contributed by atoms with Crippen LogP contribution in [0.15, 0.2) is 53.5 Å². The number of hydrogen-bond donors (Lipinski definition) is 1. The topological polar surface area (TPSA) is 77.4 Å². The summed E-state index contributed by atoms with van der Waals surface area (Å²) in [6.45, 7) is 0.224. The summed E-state index contributed by atoms with van der Waals surface area (Å²) in [5.74, 6) is -0.869. The van der Waals surface area contributed by atoms with Crippen LogP contribution in [0.25, 0.3) is 0 Å². The summed E-state index contributed by atoms with van der Waals surface area (Å²) in [5, 5.41) is 2.72. The molecule has 0 saturated heterocycles. The number of amides is 1. The van der Waals surface area contributed by atoms with E-state index in [0.717, 1.165) is 5.56 Å². The number of carbonyl (C=O) groups excluding carboxylic acids is 2. The maximum absolute atomic E-state index is 11.9. The number of pyridine rings is 1. The van der Waals surface area contributed by atoms with Crippen molar-refractivity contribution in [2.24, 2.45) is 0 Å². The summed E-state index contributed by atoms with van der Waals surface area (Å²) in [6.07, 6.45) is 1.32. The van der Waals surface area contributed by atoms with Gasteiger partial charge in [-0.2, -0.15) is 0 Å². The highest BCUT2D eigenvalue weighted by Gasteiger charge is 2.09. The van der Waals surface area contributed by atoms with Gasteiger partial charge >= 0.3 is 5.97 Å². The quantitative estimate of drug-likeness (QED) is 0.834. The van der Waals surface area contributed by atoms with E-state index in [1.165, 1.54) is 30.0 Å². The van der Waals surface area contributed by atoms with Crippen molar-refractivity contribution in [3.8, 4) is 0 Å². The molecule has 1 amide bonds. The molecular weight excluding hydrogens is 284 g/mol. The van der Waals surface area contributed by atoms with Crippen molar-refractivity contribution >= 4 is 11.9 Å². The average Bonchev–Trinajstić information content (AvgIpc) is 2.55. The lowest BCUT2D eigenvalue weighted by Crippen LogP contribution is -2.32. The van der Waals surface area contributed by atoms with Gasteiger partial charge in [0.25, 0.3) is 5.56 Å². The van der Waals surface area contributed by atoms with Crippen LogP contribution in [-0.4, -0.2) is 23.6 Å². The van der Waals surface area contributed by atoms with Crippen LogP contribution in [0.3, 0.4) is 0 Å². The molecular formula is C16H16N2O4. The van der Waals surface area contributed by atoms with Gasteiger partial charge < -0.3 is 14.6 Å². The molecule has 0 aliphatic carbocycles. The van der Waals surface area contributed by atoms with E-state index in [9.17, 15) is 14.4 Å². The third-order valence-corrected chi connectivity index (χ3v) is 3.05. The fraction of sp³-hybridized carbons (Fsp3) is 0.188. The minimum absolute atomic E-state index is 0.156. The zero-order valence-electron chi connectivity index (χ0n) is 12.1. The fourth-order valence-corrected chi connectivity index (χ4v) is 1.90. The highest BCUT2D eigenvalue weighted by Crippen LogP contribution is 1.99. The molecule has 22 heavy (non-hydrogen) atoms. The SMILES string of the molecule is COC(=O)c1ccc(=O)n(CC(=O)NCc2ccccc2)c1. The van der Waals surface area contributed by atoms with E-state index in [-0.39, 0.29) is 23.6 Å². The second-order valence-corrected chi connectivity index (χ2v) is 4.64. The summed E-state index contributed by atoms with van der Waals surface area (Å²) in [6, 6.07) is 12.0. The molecule has 6 heteroatoms. The van der Waals surface area contributed by atoms with Crippen LogP contribution in [-0.2, 0) is 22.6 Å². The first-order valence-electron chi connectivity index (χ1n) is 6.69. The molecule has 1 N–H and O–H groups in total. The first-order valence-corrected chi connectivity index (χ1v) is 6.69. The average molecular weight is 300 g/mol. The summed E-state index contributed by atoms with van der Waals surface area (Å²) in [5.41, 5.74) is 0.826. The normalized spacial score (nSPS) is 10.0. The predicted octanol–water partition coefficient (Wildman–Crippen LogP) is 0.951. The number of esters is 1. The molecule has 0 aliphatic rings. The van der Waals surface area contributed by atoms with Gasteiger partial charge in [0.1, 0.15) is 6.54 Å². The van der Waals surface area contributed by atoms with Crippen LogP contribution >= 0.6 is 0 Å².